The van der Waals surface area contributed by atoms with Crippen molar-refractivity contribution >= 4 is 23.1 Å². The predicted molar refractivity (Wildman–Crippen MR) is 83.3 cm³/mol. The molecule has 3 unspecified atom stereocenters. The first kappa shape index (κ1) is 22.6. The van der Waals surface area contributed by atoms with Gasteiger partial charge in [-0.3, -0.25) is 4.18 Å². The Kier molecular flexibility index (Phi) is 7.04. The summed E-state index contributed by atoms with van der Waals surface area (Å²) >= 11 is -3.67. The minimum atomic E-state index is -5.13. The maximum absolute atomic E-state index is 12.5. The number of ether oxygens (including phenoxy) is 3. The number of carbonyl (C=O) groups excluding carboxylic acids is 2. The van der Waals surface area contributed by atoms with Gasteiger partial charge in [0.05, 0.1) is 20.3 Å². The highest BCUT2D eigenvalue weighted by Gasteiger charge is 2.54. The number of alkyl halides is 3. The second-order valence-electron chi connectivity index (χ2n) is 6.55. The van der Waals surface area contributed by atoms with Crippen molar-refractivity contribution in [2.75, 3.05) is 26.8 Å². The molecule has 1 rings (SSSR count). The Morgan fingerprint density at radius 3 is 2.31 bits per heavy atom. The highest BCUT2D eigenvalue weighted by Crippen LogP contribution is 2.30. The van der Waals surface area contributed by atoms with Crippen molar-refractivity contribution in [3.8, 4) is 0 Å². The van der Waals surface area contributed by atoms with Crippen molar-refractivity contribution in [1.82, 2.24) is 4.90 Å². The molecule has 8 nitrogen and oxygen atoms in total. The molecule has 1 aliphatic rings. The maximum atomic E-state index is 12.5. The standard InChI is InChI=1S/C14H22F3NO7S/c1-9(25-26(21)14(15,16)17)13(10(19)22-5)8-18(6-7-23-13)11(20)24-12(2,3)4/h9H,6-8H2,1-5H3. The summed E-state index contributed by atoms with van der Waals surface area (Å²) in [6, 6.07) is 0. The number of esters is 1. The van der Waals surface area contributed by atoms with Gasteiger partial charge < -0.3 is 19.1 Å². The number of amides is 1. The number of hydrogen-bond acceptors (Lipinski definition) is 7. The number of halogens is 3. The van der Waals surface area contributed by atoms with Gasteiger partial charge in [0, 0.05) is 6.54 Å². The SMILES string of the molecule is COC(=O)C1(C(C)OS(=O)C(F)(F)F)CN(C(=O)OC(C)(C)C)CCO1. The van der Waals surface area contributed by atoms with Gasteiger partial charge in [0.2, 0.25) is 5.60 Å². The normalized spacial score (nSPS) is 23.9. The van der Waals surface area contributed by atoms with Crippen LogP contribution in [0.25, 0.3) is 0 Å². The van der Waals surface area contributed by atoms with Crippen LogP contribution in [0.3, 0.4) is 0 Å². The highest BCUT2D eigenvalue weighted by molar-refractivity contribution is 7.81. The summed E-state index contributed by atoms with van der Waals surface area (Å²) in [5.41, 5.74) is -8.03. The molecule has 0 aromatic carbocycles. The lowest BCUT2D eigenvalue weighted by atomic mass is 9.95. The average Bonchev–Trinajstić information content (AvgIpc) is 2.51. The van der Waals surface area contributed by atoms with Crippen molar-refractivity contribution < 1.29 is 45.4 Å². The van der Waals surface area contributed by atoms with E-state index in [9.17, 15) is 27.0 Å². The van der Waals surface area contributed by atoms with E-state index in [1.807, 2.05) is 0 Å². The predicted octanol–water partition coefficient (Wildman–Crippen LogP) is 1.75. The van der Waals surface area contributed by atoms with Crippen molar-refractivity contribution in [3.63, 3.8) is 0 Å². The zero-order valence-corrected chi connectivity index (χ0v) is 15.9. The number of hydrogen-bond donors (Lipinski definition) is 0. The van der Waals surface area contributed by atoms with Crippen molar-refractivity contribution in [3.05, 3.63) is 0 Å². The minimum Gasteiger partial charge on any atom is -0.467 e. The summed E-state index contributed by atoms with van der Waals surface area (Å²) in [6.45, 7) is 5.37. The van der Waals surface area contributed by atoms with Gasteiger partial charge in [0.15, 0.2) is 0 Å². The Balaban J connectivity index is 3.06. The van der Waals surface area contributed by atoms with E-state index >= 15 is 0 Å². The van der Waals surface area contributed by atoms with Crippen molar-refractivity contribution in [2.45, 2.75) is 50.5 Å². The monoisotopic (exact) mass is 405 g/mol. The Hall–Kier alpha value is -1.40. The molecule has 0 aliphatic carbocycles. The van der Waals surface area contributed by atoms with Crippen LogP contribution in [0.15, 0.2) is 0 Å². The fraction of sp³-hybridized carbons (Fsp3) is 0.857. The van der Waals surface area contributed by atoms with E-state index in [1.165, 1.54) is 0 Å². The Morgan fingerprint density at radius 2 is 1.85 bits per heavy atom. The second kappa shape index (κ2) is 8.09. The molecule has 0 aromatic heterocycles. The van der Waals surface area contributed by atoms with E-state index in [0.29, 0.717) is 0 Å². The van der Waals surface area contributed by atoms with Gasteiger partial charge in [-0.1, -0.05) is 0 Å². The number of nitrogens with zero attached hydrogens (tertiary/aromatic N) is 1. The van der Waals surface area contributed by atoms with Crippen LogP contribution in [0.2, 0.25) is 0 Å². The fourth-order valence-corrected chi connectivity index (χ4v) is 2.73. The molecular formula is C14H22F3NO7S. The van der Waals surface area contributed by atoms with Crippen LogP contribution in [0.4, 0.5) is 18.0 Å². The van der Waals surface area contributed by atoms with Crippen LogP contribution < -0.4 is 0 Å². The third-order valence-electron chi connectivity index (χ3n) is 3.41. The van der Waals surface area contributed by atoms with Gasteiger partial charge >= 0.3 is 17.6 Å². The van der Waals surface area contributed by atoms with Crippen LogP contribution in [-0.2, 0) is 34.3 Å². The van der Waals surface area contributed by atoms with E-state index < -0.39 is 52.5 Å². The van der Waals surface area contributed by atoms with Gasteiger partial charge in [0.1, 0.15) is 11.7 Å². The molecule has 3 atom stereocenters. The molecule has 152 valence electrons. The second-order valence-corrected chi connectivity index (χ2v) is 7.68. The topological polar surface area (TPSA) is 91.4 Å². The molecule has 1 heterocycles. The van der Waals surface area contributed by atoms with E-state index in [0.717, 1.165) is 18.9 Å². The van der Waals surface area contributed by atoms with E-state index in [4.69, 9.17) is 9.47 Å². The van der Waals surface area contributed by atoms with Gasteiger partial charge in [0.25, 0.3) is 11.1 Å². The molecule has 1 aliphatic heterocycles. The summed E-state index contributed by atoms with van der Waals surface area (Å²) in [7, 11) is 1.01. The summed E-state index contributed by atoms with van der Waals surface area (Å²) in [6.07, 6.45) is -2.40. The van der Waals surface area contributed by atoms with Gasteiger partial charge in [-0.2, -0.15) is 13.2 Å². The molecule has 26 heavy (non-hydrogen) atoms. The molecule has 1 amide bonds. The number of carbonyl (C=O) groups is 2. The number of methoxy groups -OCH3 is 1. The molecule has 1 fully saturated rings. The zero-order valence-electron chi connectivity index (χ0n) is 15.0. The zero-order chi connectivity index (χ0) is 20.3. The summed E-state index contributed by atoms with van der Waals surface area (Å²) in [5.74, 6) is -1.06. The first-order chi connectivity index (χ1) is 11.7. The highest BCUT2D eigenvalue weighted by atomic mass is 32.2. The Bertz CT molecular complexity index is 564. The molecule has 1 saturated heterocycles. The molecule has 0 bridgehead atoms. The third-order valence-corrected chi connectivity index (χ3v) is 4.25. The van der Waals surface area contributed by atoms with Crippen LogP contribution in [0.1, 0.15) is 27.7 Å². The quantitative estimate of drug-likeness (QED) is 0.658. The Morgan fingerprint density at radius 1 is 1.27 bits per heavy atom. The molecule has 0 N–H and O–H groups in total. The molecule has 0 aromatic rings. The largest absolute Gasteiger partial charge is 0.497 e. The van der Waals surface area contributed by atoms with E-state index in [1.54, 1.807) is 20.8 Å². The summed E-state index contributed by atoms with van der Waals surface area (Å²) < 4.78 is 68.4. The van der Waals surface area contributed by atoms with E-state index in [-0.39, 0.29) is 13.2 Å². The molecule has 0 spiro atoms. The maximum Gasteiger partial charge on any atom is 0.497 e. The fourth-order valence-electron chi connectivity index (χ4n) is 2.20. The Labute approximate surface area is 151 Å². The van der Waals surface area contributed by atoms with Crippen molar-refractivity contribution in [2.24, 2.45) is 0 Å². The van der Waals surface area contributed by atoms with Crippen molar-refractivity contribution in [1.29, 1.82) is 0 Å². The first-order valence-corrected chi connectivity index (χ1v) is 8.66. The van der Waals surface area contributed by atoms with Gasteiger partial charge in [-0.15, -0.1) is 0 Å². The van der Waals surface area contributed by atoms with Crippen LogP contribution in [0, 0.1) is 0 Å². The minimum absolute atomic E-state index is 0.0444. The molecule has 0 radical (unpaired) electrons. The average molecular weight is 405 g/mol. The number of morpholine rings is 1. The lowest BCUT2D eigenvalue weighted by Gasteiger charge is -2.43. The van der Waals surface area contributed by atoms with Crippen LogP contribution in [-0.4, -0.2) is 70.8 Å². The molecule has 0 saturated carbocycles. The first-order valence-electron chi connectivity index (χ1n) is 7.59. The number of rotatable bonds is 4. The third kappa shape index (κ3) is 5.55. The van der Waals surface area contributed by atoms with Gasteiger partial charge in [-0.25, -0.2) is 13.8 Å². The summed E-state index contributed by atoms with van der Waals surface area (Å²) in [5, 5.41) is 0. The lowest BCUT2D eigenvalue weighted by molar-refractivity contribution is -0.196. The lowest BCUT2D eigenvalue weighted by Crippen LogP contribution is -2.64. The molecular weight excluding hydrogens is 383 g/mol. The summed E-state index contributed by atoms with van der Waals surface area (Å²) in [4.78, 5) is 25.6. The smallest absolute Gasteiger partial charge is 0.467 e. The van der Waals surface area contributed by atoms with Crippen LogP contribution >= 0.6 is 0 Å². The van der Waals surface area contributed by atoms with Gasteiger partial charge in [-0.05, 0) is 27.7 Å². The van der Waals surface area contributed by atoms with E-state index in [2.05, 4.69) is 8.92 Å². The van der Waals surface area contributed by atoms with Crippen LogP contribution in [0.5, 0.6) is 0 Å². The molecule has 12 heteroatoms.